The van der Waals surface area contributed by atoms with Crippen molar-refractivity contribution in [3.05, 3.63) is 28.8 Å². The van der Waals surface area contributed by atoms with Gasteiger partial charge < -0.3 is 5.73 Å². The average Bonchev–Trinajstić information content (AvgIpc) is 3.19. The summed E-state index contributed by atoms with van der Waals surface area (Å²) in [5, 5.41) is 0.171. The second-order valence-corrected chi connectivity index (χ2v) is 7.44. The predicted octanol–water partition coefficient (Wildman–Crippen LogP) is 2.12. The highest BCUT2D eigenvalue weighted by Gasteiger charge is 2.27. The van der Waals surface area contributed by atoms with Gasteiger partial charge in [0.05, 0.1) is 11.6 Å². The van der Waals surface area contributed by atoms with E-state index in [0.717, 1.165) is 6.42 Å². The van der Waals surface area contributed by atoms with E-state index in [4.69, 9.17) is 17.3 Å². The van der Waals surface area contributed by atoms with Crippen molar-refractivity contribution in [2.45, 2.75) is 37.1 Å². The zero-order valence-electron chi connectivity index (χ0n) is 11.9. The first-order chi connectivity index (χ1) is 9.92. The van der Waals surface area contributed by atoms with Gasteiger partial charge in [0.25, 0.3) is 0 Å². The Labute approximate surface area is 131 Å². The van der Waals surface area contributed by atoms with Crippen LogP contribution in [-0.4, -0.2) is 21.0 Å². The van der Waals surface area contributed by atoms with Crippen LogP contribution < -0.4 is 10.5 Å². The van der Waals surface area contributed by atoms with Crippen molar-refractivity contribution in [1.82, 2.24) is 4.72 Å². The minimum atomic E-state index is -3.60. The lowest BCUT2D eigenvalue weighted by Crippen LogP contribution is -2.33. The van der Waals surface area contributed by atoms with Crippen molar-refractivity contribution in [2.75, 3.05) is 6.54 Å². The van der Waals surface area contributed by atoms with Crippen molar-refractivity contribution in [1.29, 1.82) is 0 Å². The Hall–Kier alpha value is -1.06. The normalized spacial score (nSPS) is 16.1. The van der Waals surface area contributed by atoms with Crippen molar-refractivity contribution in [3.8, 4) is 11.8 Å². The molecular formula is C15H19ClN2O2S. The van der Waals surface area contributed by atoms with Crippen LogP contribution in [0.1, 0.15) is 31.7 Å². The van der Waals surface area contributed by atoms with Gasteiger partial charge in [-0.05, 0) is 37.5 Å². The molecule has 114 valence electrons. The fourth-order valence-corrected chi connectivity index (χ4v) is 3.98. The summed E-state index contributed by atoms with van der Waals surface area (Å²) in [6.45, 7) is 2.13. The Morgan fingerprint density at radius 3 is 2.76 bits per heavy atom. The van der Waals surface area contributed by atoms with Crippen LogP contribution in [0.25, 0.3) is 0 Å². The molecule has 1 aromatic carbocycles. The molecule has 1 aliphatic carbocycles. The molecular weight excluding hydrogens is 308 g/mol. The number of nitrogens with two attached hydrogens (primary N) is 1. The van der Waals surface area contributed by atoms with Crippen LogP contribution in [0.3, 0.4) is 0 Å². The molecule has 1 aliphatic rings. The van der Waals surface area contributed by atoms with Crippen molar-refractivity contribution in [2.24, 2.45) is 11.7 Å². The smallest absolute Gasteiger partial charge is 0.242 e. The zero-order chi connectivity index (χ0) is 15.5. The van der Waals surface area contributed by atoms with Gasteiger partial charge in [-0.15, -0.1) is 0 Å². The van der Waals surface area contributed by atoms with Gasteiger partial charge in [-0.3, -0.25) is 0 Å². The first kappa shape index (κ1) is 16.3. The third-order valence-electron chi connectivity index (χ3n) is 3.30. The van der Waals surface area contributed by atoms with Crippen molar-refractivity contribution >= 4 is 21.6 Å². The van der Waals surface area contributed by atoms with E-state index in [-0.39, 0.29) is 22.5 Å². The minimum Gasteiger partial charge on any atom is -0.320 e. The molecule has 1 unspecified atom stereocenters. The molecule has 0 spiro atoms. The van der Waals surface area contributed by atoms with E-state index in [2.05, 4.69) is 16.6 Å². The molecule has 0 aliphatic heterocycles. The fraction of sp³-hybridized carbons (Fsp3) is 0.467. The molecule has 0 saturated heterocycles. The van der Waals surface area contributed by atoms with Crippen LogP contribution in [0.4, 0.5) is 0 Å². The van der Waals surface area contributed by atoms with Gasteiger partial charge in [0.1, 0.15) is 4.90 Å². The Kier molecular flexibility index (Phi) is 5.28. The van der Waals surface area contributed by atoms with Gasteiger partial charge in [0, 0.05) is 11.6 Å². The second-order valence-electron chi connectivity index (χ2n) is 5.35. The number of nitrogens with one attached hydrogen (secondary N) is 1. The van der Waals surface area contributed by atoms with E-state index < -0.39 is 10.0 Å². The zero-order valence-corrected chi connectivity index (χ0v) is 13.5. The van der Waals surface area contributed by atoms with E-state index >= 15 is 0 Å². The van der Waals surface area contributed by atoms with Gasteiger partial charge in [0.15, 0.2) is 0 Å². The van der Waals surface area contributed by atoms with Crippen molar-refractivity contribution in [3.63, 3.8) is 0 Å². The minimum absolute atomic E-state index is 0.0877. The van der Waals surface area contributed by atoms with E-state index in [0.29, 0.717) is 11.5 Å². The largest absolute Gasteiger partial charge is 0.320 e. The number of hydrogen-bond acceptors (Lipinski definition) is 3. The Morgan fingerprint density at radius 2 is 2.19 bits per heavy atom. The molecule has 0 bridgehead atoms. The first-order valence-electron chi connectivity index (χ1n) is 6.93. The maximum absolute atomic E-state index is 12.3. The first-order valence-corrected chi connectivity index (χ1v) is 8.79. The second kappa shape index (κ2) is 6.80. The lowest BCUT2D eigenvalue weighted by Gasteiger charge is -2.14. The Bertz CT molecular complexity index is 673. The third-order valence-corrected chi connectivity index (χ3v) is 5.37. The van der Waals surface area contributed by atoms with Crippen molar-refractivity contribution < 1.29 is 8.42 Å². The molecule has 21 heavy (non-hydrogen) atoms. The summed E-state index contributed by atoms with van der Waals surface area (Å²) >= 11 is 6.08. The number of hydrogen-bond donors (Lipinski definition) is 2. The van der Waals surface area contributed by atoms with Gasteiger partial charge in [-0.2, -0.15) is 0 Å². The summed E-state index contributed by atoms with van der Waals surface area (Å²) < 4.78 is 27.4. The average molecular weight is 327 g/mol. The molecule has 0 aromatic heterocycles. The summed E-state index contributed by atoms with van der Waals surface area (Å²) in [4.78, 5) is 0.0881. The lowest BCUT2D eigenvalue weighted by atomic mass is 10.2. The number of rotatable bonds is 5. The highest BCUT2D eigenvalue weighted by atomic mass is 35.5. The highest BCUT2D eigenvalue weighted by molar-refractivity contribution is 7.89. The SMILES string of the molecule is CC(CC1CC1)NS(=O)(=O)c1ccc(C#CCN)cc1Cl. The number of benzene rings is 1. The van der Waals surface area contributed by atoms with Crippen LogP contribution in [0, 0.1) is 17.8 Å². The van der Waals surface area contributed by atoms with E-state index in [9.17, 15) is 8.42 Å². The molecule has 3 N–H and O–H groups in total. The molecule has 1 atom stereocenters. The summed E-state index contributed by atoms with van der Waals surface area (Å²) in [5.74, 6) is 6.19. The summed E-state index contributed by atoms with van der Waals surface area (Å²) in [7, 11) is -3.60. The standard InChI is InChI=1S/C15H19ClN2O2S/c1-11(9-13-4-5-13)18-21(19,20)15-7-6-12(3-2-8-17)10-14(15)16/h6-7,10-11,13,18H,4-5,8-9,17H2,1H3. The molecule has 6 heteroatoms. The van der Waals surface area contributed by atoms with E-state index in [1.807, 2.05) is 6.92 Å². The third kappa shape index (κ3) is 4.72. The quantitative estimate of drug-likeness (QED) is 0.814. The van der Waals surface area contributed by atoms with Crippen LogP contribution in [0.5, 0.6) is 0 Å². The molecule has 4 nitrogen and oxygen atoms in total. The summed E-state index contributed by atoms with van der Waals surface area (Å²) in [6, 6.07) is 4.57. The van der Waals surface area contributed by atoms with E-state index in [1.54, 1.807) is 12.1 Å². The topological polar surface area (TPSA) is 72.2 Å². The maximum Gasteiger partial charge on any atom is 0.242 e. The van der Waals surface area contributed by atoms with Crippen LogP contribution in [0.2, 0.25) is 5.02 Å². The maximum atomic E-state index is 12.3. The Balaban J connectivity index is 2.15. The Morgan fingerprint density at radius 1 is 1.48 bits per heavy atom. The van der Waals surface area contributed by atoms with Crippen LogP contribution in [-0.2, 0) is 10.0 Å². The molecule has 0 heterocycles. The molecule has 1 fully saturated rings. The van der Waals surface area contributed by atoms with Gasteiger partial charge in [0.2, 0.25) is 10.0 Å². The summed E-state index contributed by atoms with van der Waals surface area (Å²) in [6.07, 6.45) is 3.26. The number of halogens is 1. The fourth-order valence-electron chi connectivity index (χ4n) is 2.18. The van der Waals surface area contributed by atoms with Gasteiger partial charge in [-0.1, -0.05) is 36.3 Å². The molecule has 1 saturated carbocycles. The molecule has 2 rings (SSSR count). The van der Waals surface area contributed by atoms with Gasteiger partial charge >= 0.3 is 0 Å². The molecule has 0 amide bonds. The van der Waals surface area contributed by atoms with Gasteiger partial charge in [-0.25, -0.2) is 13.1 Å². The predicted molar refractivity (Wildman–Crippen MR) is 84.5 cm³/mol. The molecule has 0 radical (unpaired) electrons. The van der Waals surface area contributed by atoms with Crippen LogP contribution >= 0.6 is 11.6 Å². The summed E-state index contributed by atoms with van der Waals surface area (Å²) in [5.41, 5.74) is 5.95. The van der Waals surface area contributed by atoms with E-state index in [1.165, 1.54) is 18.9 Å². The highest BCUT2D eigenvalue weighted by Crippen LogP contribution is 2.33. The molecule has 1 aromatic rings. The monoisotopic (exact) mass is 326 g/mol. The van der Waals surface area contributed by atoms with Crippen LogP contribution in [0.15, 0.2) is 23.1 Å². The lowest BCUT2D eigenvalue weighted by molar-refractivity contribution is 0.530. The number of sulfonamides is 1.